The van der Waals surface area contributed by atoms with Gasteiger partial charge in [0.15, 0.2) is 0 Å². The Kier molecular flexibility index (Phi) is 4.07. The summed E-state index contributed by atoms with van der Waals surface area (Å²) in [5, 5.41) is 12.9. The average Bonchev–Trinajstić information content (AvgIpc) is 2.39. The number of carbonyl (C=O) groups is 1. The van der Waals surface area contributed by atoms with Gasteiger partial charge in [0.2, 0.25) is 0 Å². The molecule has 98 valence electrons. The van der Waals surface area contributed by atoms with E-state index < -0.39 is 5.97 Å². The molecule has 0 atom stereocenters. The lowest BCUT2D eigenvalue weighted by molar-refractivity contribution is 0.0697. The smallest absolute Gasteiger partial charge is 0.335 e. The van der Waals surface area contributed by atoms with E-state index in [1.54, 1.807) is 18.2 Å². The van der Waals surface area contributed by atoms with E-state index in [4.69, 9.17) is 16.7 Å². The van der Waals surface area contributed by atoms with Crippen molar-refractivity contribution in [3.63, 3.8) is 0 Å². The van der Waals surface area contributed by atoms with Crippen molar-refractivity contribution in [1.82, 2.24) is 0 Å². The van der Waals surface area contributed by atoms with Gasteiger partial charge in [-0.25, -0.2) is 4.79 Å². The van der Waals surface area contributed by atoms with Crippen LogP contribution in [0.15, 0.2) is 42.5 Å². The van der Waals surface area contributed by atoms with Crippen molar-refractivity contribution in [3.8, 4) is 0 Å². The highest BCUT2D eigenvalue weighted by Gasteiger charge is 2.05. The largest absolute Gasteiger partial charge is 0.478 e. The van der Waals surface area contributed by atoms with E-state index in [0.717, 1.165) is 16.8 Å². The number of carboxylic acid groups (broad SMARTS) is 1. The molecule has 19 heavy (non-hydrogen) atoms. The second kappa shape index (κ2) is 5.76. The second-order valence-electron chi connectivity index (χ2n) is 4.31. The number of hydrogen-bond donors (Lipinski definition) is 2. The Balaban J connectivity index is 2.07. The Bertz CT molecular complexity index is 594. The molecule has 0 radical (unpaired) electrons. The van der Waals surface area contributed by atoms with Gasteiger partial charge in [-0.05, 0) is 48.4 Å². The van der Waals surface area contributed by atoms with Crippen molar-refractivity contribution in [2.75, 3.05) is 5.32 Å². The van der Waals surface area contributed by atoms with E-state index in [2.05, 4.69) is 5.32 Å². The zero-order valence-corrected chi connectivity index (χ0v) is 11.2. The van der Waals surface area contributed by atoms with Crippen molar-refractivity contribution in [1.29, 1.82) is 0 Å². The van der Waals surface area contributed by atoms with Gasteiger partial charge < -0.3 is 10.4 Å². The molecule has 0 saturated carbocycles. The highest BCUT2D eigenvalue weighted by Crippen LogP contribution is 2.18. The van der Waals surface area contributed by atoms with Crippen molar-refractivity contribution in [3.05, 3.63) is 64.2 Å². The lowest BCUT2D eigenvalue weighted by Crippen LogP contribution is -2.03. The molecule has 0 aliphatic rings. The number of anilines is 1. The lowest BCUT2D eigenvalue weighted by atomic mass is 10.1. The van der Waals surface area contributed by atoms with Crippen molar-refractivity contribution >= 4 is 23.3 Å². The molecule has 0 heterocycles. The van der Waals surface area contributed by atoms with E-state index in [1.807, 2.05) is 31.2 Å². The highest BCUT2D eigenvalue weighted by atomic mass is 35.5. The molecule has 0 aliphatic carbocycles. The number of carboxylic acids is 1. The molecule has 0 saturated heterocycles. The minimum Gasteiger partial charge on any atom is -0.478 e. The fraction of sp³-hybridized carbons (Fsp3) is 0.133. The molecule has 2 N–H and O–H groups in total. The van der Waals surface area contributed by atoms with Crippen LogP contribution >= 0.6 is 11.6 Å². The summed E-state index contributed by atoms with van der Waals surface area (Å²) in [4.78, 5) is 10.8. The Morgan fingerprint density at radius 1 is 1.21 bits per heavy atom. The average molecular weight is 276 g/mol. The standard InChI is InChI=1S/C15H14ClNO2/c1-10-8-12(15(18)19)4-7-14(10)17-9-11-2-5-13(16)6-3-11/h2-8,17H,9H2,1H3,(H,18,19). The van der Waals surface area contributed by atoms with Crippen LogP contribution in [0.1, 0.15) is 21.5 Å². The minimum absolute atomic E-state index is 0.301. The maximum atomic E-state index is 10.8. The maximum absolute atomic E-state index is 10.8. The summed E-state index contributed by atoms with van der Waals surface area (Å²) in [6.07, 6.45) is 0. The third-order valence-electron chi connectivity index (χ3n) is 2.87. The van der Waals surface area contributed by atoms with Crippen LogP contribution in [0.5, 0.6) is 0 Å². The fourth-order valence-corrected chi connectivity index (χ4v) is 1.92. The molecule has 2 rings (SSSR count). The normalized spacial score (nSPS) is 10.2. The lowest BCUT2D eigenvalue weighted by Gasteiger charge is -2.10. The summed E-state index contributed by atoms with van der Waals surface area (Å²) < 4.78 is 0. The number of aromatic carboxylic acids is 1. The third-order valence-corrected chi connectivity index (χ3v) is 3.12. The molecule has 0 unspecified atom stereocenters. The molecule has 2 aromatic rings. The zero-order chi connectivity index (χ0) is 13.8. The number of nitrogens with one attached hydrogen (secondary N) is 1. The predicted octanol–water partition coefficient (Wildman–Crippen LogP) is 3.96. The van der Waals surface area contributed by atoms with Crippen LogP contribution in [0.2, 0.25) is 5.02 Å². The van der Waals surface area contributed by atoms with E-state index in [1.165, 1.54) is 0 Å². The Morgan fingerprint density at radius 3 is 2.47 bits per heavy atom. The molecule has 0 spiro atoms. The molecule has 0 amide bonds. The van der Waals surface area contributed by atoms with Crippen LogP contribution in [0.25, 0.3) is 0 Å². The van der Waals surface area contributed by atoms with Gasteiger partial charge in [0.1, 0.15) is 0 Å². The van der Waals surface area contributed by atoms with E-state index >= 15 is 0 Å². The van der Waals surface area contributed by atoms with Gasteiger partial charge in [0.05, 0.1) is 5.56 Å². The van der Waals surface area contributed by atoms with Gasteiger partial charge in [-0.3, -0.25) is 0 Å². The van der Waals surface area contributed by atoms with Crippen LogP contribution in [-0.2, 0) is 6.54 Å². The summed E-state index contributed by atoms with van der Waals surface area (Å²) in [5.74, 6) is -0.910. The molecular weight excluding hydrogens is 262 g/mol. The first-order valence-corrected chi connectivity index (χ1v) is 6.26. The van der Waals surface area contributed by atoms with Crippen LogP contribution in [0, 0.1) is 6.92 Å². The Morgan fingerprint density at radius 2 is 1.89 bits per heavy atom. The second-order valence-corrected chi connectivity index (χ2v) is 4.75. The minimum atomic E-state index is -0.910. The summed E-state index contributed by atoms with van der Waals surface area (Å²) in [6, 6.07) is 12.6. The first-order valence-electron chi connectivity index (χ1n) is 5.88. The summed E-state index contributed by atoms with van der Waals surface area (Å²) in [7, 11) is 0. The van der Waals surface area contributed by atoms with Gasteiger partial charge in [-0.15, -0.1) is 0 Å². The number of aryl methyl sites for hydroxylation is 1. The molecule has 0 bridgehead atoms. The van der Waals surface area contributed by atoms with E-state index in [-0.39, 0.29) is 0 Å². The first-order chi connectivity index (χ1) is 9.06. The quantitative estimate of drug-likeness (QED) is 0.888. The zero-order valence-electron chi connectivity index (χ0n) is 10.5. The molecule has 4 heteroatoms. The highest BCUT2D eigenvalue weighted by molar-refractivity contribution is 6.30. The number of benzene rings is 2. The fourth-order valence-electron chi connectivity index (χ4n) is 1.79. The molecule has 0 aromatic heterocycles. The van der Waals surface area contributed by atoms with Gasteiger partial charge >= 0.3 is 5.97 Å². The van der Waals surface area contributed by atoms with Gasteiger partial charge in [0, 0.05) is 17.3 Å². The predicted molar refractivity (Wildman–Crippen MR) is 76.9 cm³/mol. The molecule has 2 aromatic carbocycles. The van der Waals surface area contributed by atoms with E-state index in [9.17, 15) is 4.79 Å². The topological polar surface area (TPSA) is 49.3 Å². The molecule has 0 aliphatic heterocycles. The maximum Gasteiger partial charge on any atom is 0.335 e. The molecular formula is C15H14ClNO2. The van der Waals surface area contributed by atoms with Crippen LogP contribution in [0.4, 0.5) is 5.69 Å². The van der Waals surface area contributed by atoms with Crippen LogP contribution in [0.3, 0.4) is 0 Å². The summed E-state index contributed by atoms with van der Waals surface area (Å²) >= 11 is 5.83. The Labute approximate surface area is 116 Å². The van der Waals surface area contributed by atoms with Crippen molar-refractivity contribution < 1.29 is 9.90 Å². The van der Waals surface area contributed by atoms with Gasteiger partial charge in [-0.1, -0.05) is 23.7 Å². The number of hydrogen-bond acceptors (Lipinski definition) is 2. The molecule has 0 fully saturated rings. The SMILES string of the molecule is Cc1cc(C(=O)O)ccc1NCc1ccc(Cl)cc1. The van der Waals surface area contributed by atoms with E-state index in [0.29, 0.717) is 17.1 Å². The molecule has 3 nitrogen and oxygen atoms in total. The summed E-state index contributed by atoms with van der Waals surface area (Å²) in [6.45, 7) is 2.56. The van der Waals surface area contributed by atoms with Gasteiger partial charge in [0.25, 0.3) is 0 Å². The third kappa shape index (κ3) is 3.48. The van der Waals surface area contributed by atoms with Gasteiger partial charge in [-0.2, -0.15) is 0 Å². The number of halogens is 1. The first kappa shape index (κ1) is 13.4. The monoisotopic (exact) mass is 275 g/mol. The number of rotatable bonds is 4. The van der Waals surface area contributed by atoms with Crippen LogP contribution < -0.4 is 5.32 Å². The van der Waals surface area contributed by atoms with Crippen molar-refractivity contribution in [2.24, 2.45) is 0 Å². The van der Waals surface area contributed by atoms with Crippen molar-refractivity contribution in [2.45, 2.75) is 13.5 Å². The van der Waals surface area contributed by atoms with Crippen LogP contribution in [-0.4, -0.2) is 11.1 Å². The summed E-state index contributed by atoms with van der Waals surface area (Å²) in [5.41, 5.74) is 3.26. The Hall–Kier alpha value is -2.00.